The highest BCUT2D eigenvalue weighted by atomic mass is 32.1. The fourth-order valence-electron chi connectivity index (χ4n) is 1.53. The minimum Gasteiger partial charge on any atom is -0.306 e. The Labute approximate surface area is 106 Å². The molecule has 0 bridgehead atoms. The van der Waals surface area contributed by atoms with Crippen LogP contribution in [0, 0.1) is 20.8 Å². The van der Waals surface area contributed by atoms with E-state index in [-0.39, 0.29) is 0 Å². The van der Waals surface area contributed by atoms with Gasteiger partial charge in [-0.1, -0.05) is 6.07 Å². The van der Waals surface area contributed by atoms with Gasteiger partial charge in [0.15, 0.2) is 0 Å². The Morgan fingerprint density at radius 1 is 1.18 bits per heavy atom. The van der Waals surface area contributed by atoms with Crippen LogP contribution in [0.1, 0.15) is 26.8 Å². The smallest absolute Gasteiger partial charge is 0.107 e. The lowest BCUT2D eigenvalue weighted by molar-refractivity contribution is 0.686. The lowest BCUT2D eigenvalue weighted by atomic mass is 10.2. The van der Waals surface area contributed by atoms with Crippen LogP contribution in [-0.4, -0.2) is 9.97 Å². The maximum absolute atomic E-state index is 4.50. The normalized spacial score (nSPS) is 10.8. The Morgan fingerprint density at radius 2 is 2.00 bits per heavy atom. The van der Waals surface area contributed by atoms with Gasteiger partial charge in [0.05, 0.1) is 5.69 Å². The predicted molar refractivity (Wildman–Crippen MR) is 71.1 cm³/mol. The van der Waals surface area contributed by atoms with Gasteiger partial charge in [-0.15, -0.1) is 11.3 Å². The maximum atomic E-state index is 4.50. The van der Waals surface area contributed by atoms with Gasteiger partial charge < -0.3 is 5.32 Å². The Balaban J connectivity index is 1.85. The van der Waals surface area contributed by atoms with Crippen LogP contribution in [0.5, 0.6) is 0 Å². The number of nitrogens with one attached hydrogen (secondary N) is 1. The Kier molecular flexibility index (Phi) is 3.86. The molecule has 3 nitrogen and oxygen atoms in total. The molecule has 0 unspecified atom stereocenters. The number of nitrogens with zero attached hydrogens (tertiary/aromatic N) is 2. The second kappa shape index (κ2) is 5.38. The molecule has 0 spiro atoms. The molecule has 2 heterocycles. The molecule has 0 saturated carbocycles. The van der Waals surface area contributed by atoms with Gasteiger partial charge in [-0.3, -0.25) is 4.98 Å². The molecular weight excluding hydrogens is 230 g/mol. The largest absolute Gasteiger partial charge is 0.306 e. The maximum Gasteiger partial charge on any atom is 0.107 e. The topological polar surface area (TPSA) is 37.8 Å². The SMILES string of the molecule is Cc1ccc(CNCc2nc(C)c(C)s2)cn1. The molecular formula is C13H17N3S. The monoisotopic (exact) mass is 247 g/mol. The first-order valence-corrected chi connectivity index (χ1v) is 6.52. The lowest BCUT2D eigenvalue weighted by Gasteiger charge is -2.02. The minimum absolute atomic E-state index is 0.827. The molecule has 0 aliphatic carbocycles. The molecule has 0 aliphatic heterocycles. The summed E-state index contributed by atoms with van der Waals surface area (Å²) >= 11 is 1.76. The third kappa shape index (κ3) is 3.35. The van der Waals surface area contributed by atoms with E-state index in [0.717, 1.165) is 29.5 Å². The van der Waals surface area contributed by atoms with Gasteiger partial charge in [0.25, 0.3) is 0 Å². The van der Waals surface area contributed by atoms with Crippen LogP contribution in [0.3, 0.4) is 0 Å². The zero-order valence-corrected chi connectivity index (χ0v) is 11.3. The first kappa shape index (κ1) is 12.2. The van der Waals surface area contributed by atoms with Crippen LogP contribution in [-0.2, 0) is 13.1 Å². The van der Waals surface area contributed by atoms with Crippen LogP contribution in [0.2, 0.25) is 0 Å². The van der Waals surface area contributed by atoms with Crippen LogP contribution >= 0.6 is 11.3 Å². The molecule has 4 heteroatoms. The second-order valence-corrected chi connectivity index (χ2v) is 5.45. The highest BCUT2D eigenvalue weighted by molar-refractivity contribution is 7.11. The molecule has 0 amide bonds. The fraction of sp³-hybridized carbons (Fsp3) is 0.385. The number of aryl methyl sites for hydroxylation is 3. The molecule has 2 aromatic rings. The molecule has 17 heavy (non-hydrogen) atoms. The molecule has 0 aromatic carbocycles. The average Bonchev–Trinajstić information content (AvgIpc) is 2.61. The molecule has 0 radical (unpaired) electrons. The molecule has 90 valence electrons. The summed E-state index contributed by atoms with van der Waals surface area (Å²) in [7, 11) is 0. The van der Waals surface area contributed by atoms with Gasteiger partial charge >= 0.3 is 0 Å². The van der Waals surface area contributed by atoms with E-state index in [2.05, 4.69) is 35.2 Å². The van der Waals surface area contributed by atoms with E-state index in [1.807, 2.05) is 19.2 Å². The Hall–Kier alpha value is -1.26. The van der Waals surface area contributed by atoms with Gasteiger partial charge in [-0.25, -0.2) is 4.98 Å². The summed E-state index contributed by atoms with van der Waals surface area (Å²) in [6.07, 6.45) is 1.92. The molecule has 1 N–H and O–H groups in total. The summed E-state index contributed by atoms with van der Waals surface area (Å²) < 4.78 is 0. The van der Waals surface area contributed by atoms with Crippen molar-refractivity contribution in [3.05, 3.63) is 45.2 Å². The number of rotatable bonds is 4. The fourth-order valence-corrected chi connectivity index (χ4v) is 2.44. The Bertz CT molecular complexity index is 468. The zero-order valence-electron chi connectivity index (χ0n) is 10.4. The second-order valence-electron chi connectivity index (χ2n) is 4.16. The Morgan fingerprint density at radius 3 is 2.59 bits per heavy atom. The van der Waals surface area contributed by atoms with Crippen molar-refractivity contribution in [3.8, 4) is 0 Å². The van der Waals surface area contributed by atoms with Crippen molar-refractivity contribution >= 4 is 11.3 Å². The first-order valence-electron chi connectivity index (χ1n) is 5.70. The van der Waals surface area contributed by atoms with E-state index in [4.69, 9.17) is 0 Å². The van der Waals surface area contributed by atoms with Crippen LogP contribution in [0.4, 0.5) is 0 Å². The molecule has 0 fully saturated rings. The van der Waals surface area contributed by atoms with E-state index in [0.29, 0.717) is 0 Å². The molecule has 0 atom stereocenters. The van der Waals surface area contributed by atoms with Crippen molar-refractivity contribution in [1.29, 1.82) is 0 Å². The van der Waals surface area contributed by atoms with Crippen LogP contribution in [0.15, 0.2) is 18.3 Å². The van der Waals surface area contributed by atoms with Gasteiger partial charge in [-0.05, 0) is 32.4 Å². The van der Waals surface area contributed by atoms with Gasteiger partial charge in [0, 0.05) is 29.9 Å². The summed E-state index contributed by atoms with van der Waals surface area (Å²) in [5.74, 6) is 0. The van der Waals surface area contributed by atoms with Crippen molar-refractivity contribution < 1.29 is 0 Å². The molecule has 0 saturated heterocycles. The first-order chi connectivity index (χ1) is 8.15. The van der Waals surface area contributed by atoms with Crippen LogP contribution < -0.4 is 5.32 Å². The highest BCUT2D eigenvalue weighted by Crippen LogP contribution is 2.16. The standard InChI is InChI=1S/C13H17N3S/c1-9-4-5-12(7-15-9)6-14-8-13-16-10(2)11(3)17-13/h4-5,7,14H,6,8H2,1-3H3. The van der Waals surface area contributed by atoms with Crippen molar-refractivity contribution in [3.63, 3.8) is 0 Å². The molecule has 2 rings (SSSR count). The summed E-state index contributed by atoms with van der Waals surface area (Å²) in [4.78, 5) is 10.1. The van der Waals surface area contributed by atoms with E-state index >= 15 is 0 Å². The van der Waals surface area contributed by atoms with Gasteiger partial charge in [0.1, 0.15) is 5.01 Å². The summed E-state index contributed by atoms with van der Waals surface area (Å²) in [5.41, 5.74) is 3.41. The minimum atomic E-state index is 0.827. The highest BCUT2D eigenvalue weighted by Gasteiger charge is 2.02. The third-order valence-electron chi connectivity index (χ3n) is 2.65. The number of hydrogen-bond donors (Lipinski definition) is 1. The van der Waals surface area contributed by atoms with E-state index < -0.39 is 0 Å². The summed E-state index contributed by atoms with van der Waals surface area (Å²) in [6.45, 7) is 7.83. The number of hydrogen-bond acceptors (Lipinski definition) is 4. The van der Waals surface area contributed by atoms with Gasteiger partial charge in [0.2, 0.25) is 0 Å². The van der Waals surface area contributed by atoms with Gasteiger partial charge in [-0.2, -0.15) is 0 Å². The van der Waals surface area contributed by atoms with Crippen LogP contribution in [0.25, 0.3) is 0 Å². The van der Waals surface area contributed by atoms with Crippen molar-refractivity contribution in [2.24, 2.45) is 0 Å². The zero-order chi connectivity index (χ0) is 12.3. The van der Waals surface area contributed by atoms with E-state index in [1.165, 1.54) is 10.4 Å². The van der Waals surface area contributed by atoms with Crippen molar-refractivity contribution in [2.45, 2.75) is 33.9 Å². The van der Waals surface area contributed by atoms with E-state index in [9.17, 15) is 0 Å². The quantitative estimate of drug-likeness (QED) is 0.902. The summed E-state index contributed by atoms with van der Waals surface area (Å²) in [5, 5.41) is 4.54. The number of aromatic nitrogens is 2. The van der Waals surface area contributed by atoms with Crippen molar-refractivity contribution in [2.75, 3.05) is 0 Å². The predicted octanol–water partition coefficient (Wildman–Crippen LogP) is 2.75. The molecule has 0 aliphatic rings. The van der Waals surface area contributed by atoms with Crippen molar-refractivity contribution in [1.82, 2.24) is 15.3 Å². The van der Waals surface area contributed by atoms with E-state index in [1.54, 1.807) is 11.3 Å². The number of thiazole rings is 1. The third-order valence-corrected chi connectivity index (χ3v) is 3.72. The summed E-state index contributed by atoms with van der Waals surface area (Å²) in [6, 6.07) is 4.14. The number of pyridine rings is 1. The average molecular weight is 247 g/mol. The lowest BCUT2D eigenvalue weighted by Crippen LogP contribution is -2.12. The molecule has 2 aromatic heterocycles.